The van der Waals surface area contributed by atoms with Gasteiger partial charge in [0.25, 0.3) is 0 Å². The quantitative estimate of drug-likeness (QED) is 0.784. The first-order valence-corrected chi connectivity index (χ1v) is 3.93. The van der Waals surface area contributed by atoms with Crippen LogP contribution in [0.5, 0.6) is 5.75 Å². The van der Waals surface area contributed by atoms with Crippen LogP contribution in [0, 0.1) is 0 Å². The van der Waals surface area contributed by atoms with E-state index < -0.39 is 23.9 Å². The molecule has 1 aromatic heterocycles. The molecule has 1 rings (SSSR count). The Labute approximate surface area is 88.0 Å². The van der Waals surface area contributed by atoms with Crippen LogP contribution >= 0.6 is 0 Å². The van der Waals surface area contributed by atoms with Gasteiger partial charge in [-0.2, -0.15) is 0 Å². The smallest absolute Gasteiger partial charge is 0.465 e. The molecule has 1 heterocycles. The molecule has 5 nitrogen and oxygen atoms in total. The van der Waals surface area contributed by atoms with E-state index in [2.05, 4.69) is 14.5 Å². The average molecular weight is 236 g/mol. The van der Waals surface area contributed by atoms with Gasteiger partial charge in [0.15, 0.2) is 11.6 Å². The van der Waals surface area contributed by atoms with Gasteiger partial charge in [-0.15, -0.1) is 13.2 Å². The summed E-state index contributed by atoms with van der Waals surface area (Å²) >= 11 is 0. The molecule has 88 valence electrons. The molecule has 0 aromatic carbocycles. The number of carbonyl (C=O) groups is 1. The minimum atomic E-state index is -4.90. The lowest BCUT2D eigenvalue weighted by molar-refractivity contribution is -0.274. The number of alkyl halides is 3. The van der Waals surface area contributed by atoms with Crippen LogP contribution in [-0.2, 0) is 4.74 Å². The van der Waals surface area contributed by atoms with Crippen molar-refractivity contribution in [1.29, 1.82) is 0 Å². The Hall–Kier alpha value is -1.99. The van der Waals surface area contributed by atoms with Gasteiger partial charge < -0.3 is 15.2 Å². The summed E-state index contributed by atoms with van der Waals surface area (Å²) in [7, 11) is 1.09. The summed E-state index contributed by atoms with van der Waals surface area (Å²) in [5.74, 6) is -2.04. The van der Waals surface area contributed by atoms with Gasteiger partial charge in [-0.1, -0.05) is 0 Å². The van der Waals surface area contributed by atoms with Gasteiger partial charge in [0, 0.05) is 12.3 Å². The Kier molecular flexibility index (Phi) is 3.21. The van der Waals surface area contributed by atoms with Gasteiger partial charge in [0.05, 0.1) is 12.7 Å². The van der Waals surface area contributed by atoms with Crippen LogP contribution in [0.4, 0.5) is 19.0 Å². The number of carbonyl (C=O) groups excluding carboxylic acids is 1. The van der Waals surface area contributed by atoms with E-state index in [1.165, 1.54) is 0 Å². The fourth-order valence-corrected chi connectivity index (χ4v) is 0.891. The first-order chi connectivity index (χ1) is 7.33. The molecule has 0 saturated carbocycles. The summed E-state index contributed by atoms with van der Waals surface area (Å²) in [5.41, 5.74) is 4.97. The minimum absolute atomic E-state index is 0.184. The first-order valence-electron chi connectivity index (χ1n) is 3.93. The van der Waals surface area contributed by atoms with Crippen molar-refractivity contribution in [3.63, 3.8) is 0 Å². The number of ether oxygens (including phenoxy) is 2. The fraction of sp³-hybridized carbons (Fsp3) is 0.250. The van der Waals surface area contributed by atoms with Gasteiger partial charge in [-0.05, 0) is 0 Å². The zero-order valence-electron chi connectivity index (χ0n) is 8.04. The number of halogens is 3. The number of nitrogens with zero attached hydrogens (tertiary/aromatic N) is 1. The van der Waals surface area contributed by atoms with E-state index in [-0.39, 0.29) is 5.56 Å². The van der Waals surface area contributed by atoms with Crippen LogP contribution in [0.1, 0.15) is 10.4 Å². The van der Waals surface area contributed by atoms with Crippen LogP contribution in [0.15, 0.2) is 12.3 Å². The lowest BCUT2D eigenvalue weighted by atomic mass is 10.2. The summed E-state index contributed by atoms with van der Waals surface area (Å²) in [6.45, 7) is 0. The largest absolute Gasteiger partial charge is 0.573 e. The van der Waals surface area contributed by atoms with Gasteiger partial charge in [-0.25, -0.2) is 9.78 Å². The molecule has 0 aliphatic rings. The van der Waals surface area contributed by atoms with E-state index in [4.69, 9.17) is 5.73 Å². The Morgan fingerprint density at radius 1 is 1.50 bits per heavy atom. The topological polar surface area (TPSA) is 74.4 Å². The van der Waals surface area contributed by atoms with E-state index in [0.717, 1.165) is 19.4 Å². The number of esters is 1. The Morgan fingerprint density at radius 3 is 2.62 bits per heavy atom. The molecule has 8 heteroatoms. The predicted molar refractivity (Wildman–Crippen MR) is 46.7 cm³/mol. The Morgan fingerprint density at radius 2 is 2.12 bits per heavy atom. The van der Waals surface area contributed by atoms with Gasteiger partial charge in [0.2, 0.25) is 0 Å². The van der Waals surface area contributed by atoms with Crippen molar-refractivity contribution in [1.82, 2.24) is 4.98 Å². The first kappa shape index (κ1) is 12.1. The van der Waals surface area contributed by atoms with Gasteiger partial charge in [0.1, 0.15) is 0 Å². The normalized spacial score (nSPS) is 11.0. The molecule has 1 aromatic rings. The maximum atomic E-state index is 11.9. The zero-order valence-corrected chi connectivity index (χ0v) is 8.04. The summed E-state index contributed by atoms with van der Waals surface area (Å²) in [6.07, 6.45) is -3.91. The number of methoxy groups -OCH3 is 1. The summed E-state index contributed by atoms with van der Waals surface area (Å²) < 4.78 is 43.6. The maximum absolute atomic E-state index is 11.9. The molecule has 0 aliphatic heterocycles. The summed E-state index contributed by atoms with van der Waals surface area (Å²) in [5, 5.41) is 0. The molecule has 0 amide bonds. The molecule has 0 unspecified atom stereocenters. The predicted octanol–water partition coefficient (Wildman–Crippen LogP) is 1.35. The van der Waals surface area contributed by atoms with Crippen molar-refractivity contribution in [2.45, 2.75) is 6.36 Å². The zero-order chi connectivity index (χ0) is 12.3. The maximum Gasteiger partial charge on any atom is 0.573 e. The molecule has 16 heavy (non-hydrogen) atoms. The number of pyridine rings is 1. The van der Waals surface area contributed by atoms with E-state index in [0.29, 0.717) is 0 Å². The molecular weight excluding hydrogens is 229 g/mol. The van der Waals surface area contributed by atoms with Gasteiger partial charge >= 0.3 is 12.3 Å². The Balaban J connectivity index is 3.04. The van der Waals surface area contributed by atoms with Crippen LogP contribution in [-0.4, -0.2) is 24.4 Å². The lowest BCUT2D eigenvalue weighted by Crippen LogP contribution is -2.19. The second-order valence-corrected chi connectivity index (χ2v) is 2.65. The SMILES string of the molecule is COC(=O)c1cnc(N)c(OC(F)(F)F)c1. The third kappa shape index (κ3) is 3.01. The molecule has 0 spiro atoms. The van der Waals surface area contributed by atoms with Gasteiger partial charge in [-0.3, -0.25) is 0 Å². The van der Waals surface area contributed by atoms with E-state index >= 15 is 0 Å². The number of rotatable bonds is 2. The minimum Gasteiger partial charge on any atom is -0.465 e. The number of nitrogen functional groups attached to an aromatic ring is 1. The number of hydrogen-bond donors (Lipinski definition) is 1. The fourth-order valence-electron chi connectivity index (χ4n) is 0.891. The van der Waals surface area contributed by atoms with E-state index in [9.17, 15) is 18.0 Å². The van der Waals surface area contributed by atoms with Crippen molar-refractivity contribution in [2.24, 2.45) is 0 Å². The molecule has 0 bridgehead atoms. The average Bonchev–Trinajstić information content (AvgIpc) is 2.18. The van der Waals surface area contributed by atoms with Crippen molar-refractivity contribution < 1.29 is 27.4 Å². The van der Waals surface area contributed by atoms with E-state index in [1.54, 1.807) is 0 Å². The highest BCUT2D eigenvalue weighted by atomic mass is 19.4. The second-order valence-electron chi connectivity index (χ2n) is 2.65. The van der Waals surface area contributed by atoms with Crippen LogP contribution in [0.25, 0.3) is 0 Å². The summed E-state index contributed by atoms with van der Waals surface area (Å²) in [6, 6.07) is 0.807. The monoisotopic (exact) mass is 236 g/mol. The molecule has 0 atom stereocenters. The number of hydrogen-bond acceptors (Lipinski definition) is 5. The number of anilines is 1. The lowest BCUT2D eigenvalue weighted by Gasteiger charge is -2.10. The molecule has 2 N–H and O–H groups in total. The third-order valence-corrected chi connectivity index (χ3v) is 1.53. The van der Waals surface area contributed by atoms with E-state index in [1.807, 2.05) is 0 Å². The molecular formula is C8H7F3N2O3. The molecule has 0 radical (unpaired) electrons. The van der Waals surface area contributed by atoms with Crippen molar-refractivity contribution in [3.05, 3.63) is 17.8 Å². The molecule has 0 fully saturated rings. The molecule has 0 saturated heterocycles. The highest BCUT2D eigenvalue weighted by Gasteiger charge is 2.32. The van der Waals surface area contributed by atoms with Crippen LogP contribution in [0.2, 0.25) is 0 Å². The number of nitrogens with two attached hydrogens (primary N) is 1. The Bertz CT molecular complexity index is 406. The van der Waals surface area contributed by atoms with Crippen molar-refractivity contribution >= 4 is 11.8 Å². The third-order valence-electron chi connectivity index (χ3n) is 1.53. The second kappa shape index (κ2) is 4.25. The number of aromatic nitrogens is 1. The van der Waals surface area contributed by atoms with Crippen molar-refractivity contribution in [3.8, 4) is 5.75 Å². The molecule has 0 aliphatic carbocycles. The summed E-state index contributed by atoms with van der Waals surface area (Å²) in [4.78, 5) is 14.4. The standard InChI is InChI=1S/C8H7F3N2O3/c1-15-7(14)4-2-5(6(12)13-3-4)16-8(9,10)11/h2-3H,1H3,(H2,12,13). The van der Waals surface area contributed by atoms with Crippen molar-refractivity contribution in [2.75, 3.05) is 12.8 Å². The van der Waals surface area contributed by atoms with Crippen LogP contribution in [0.3, 0.4) is 0 Å². The van der Waals surface area contributed by atoms with Crippen LogP contribution < -0.4 is 10.5 Å². The highest BCUT2D eigenvalue weighted by Crippen LogP contribution is 2.27. The highest BCUT2D eigenvalue weighted by molar-refractivity contribution is 5.89.